The van der Waals surface area contributed by atoms with Crippen molar-refractivity contribution in [3.63, 3.8) is 0 Å². The summed E-state index contributed by atoms with van der Waals surface area (Å²) in [6.07, 6.45) is 1.11. The Bertz CT molecular complexity index is 430. The van der Waals surface area contributed by atoms with Crippen LogP contribution in [0.5, 0.6) is 0 Å². The Morgan fingerprint density at radius 1 is 1.67 bits per heavy atom. The third-order valence-corrected chi connectivity index (χ3v) is 3.51. The van der Waals surface area contributed by atoms with Crippen LogP contribution in [0.4, 0.5) is 0 Å². The van der Waals surface area contributed by atoms with Gasteiger partial charge in [0.1, 0.15) is 10.3 Å². The van der Waals surface area contributed by atoms with E-state index in [1.807, 2.05) is 0 Å². The first-order valence-corrected chi connectivity index (χ1v) is 5.70. The maximum atomic E-state index is 11.6. The van der Waals surface area contributed by atoms with Crippen LogP contribution < -0.4 is 5.56 Å². The molecule has 4 nitrogen and oxygen atoms in total. The lowest BCUT2D eigenvalue weighted by atomic mass is 10.3. The van der Waals surface area contributed by atoms with Crippen LogP contribution in [-0.2, 0) is 11.3 Å². The zero-order valence-corrected chi connectivity index (χ0v) is 10.3. The van der Waals surface area contributed by atoms with Gasteiger partial charge in [-0.25, -0.2) is 4.98 Å². The molecule has 82 valence electrons. The molecular weight excluding hydrogens is 260 g/mol. The lowest BCUT2D eigenvalue weighted by Crippen LogP contribution is -2.15. The van der Waals surface area contributed by atoms with Gasteiger partial charge in [0.05, 0.1) is 12.3 Å². The van der Waals surface area contributed by atoms with Crippen molar-refractivity contribution in [2.45, 2.75) is 25.9 Å². The monoisotopic (exact) mass is 272 g/mol. The van der Waals surface area contributed by atoms with Crippen LogP contribution in [0.3, 0.4) is 0 Å². The number of methoxy groups -OCH3 is 1. The topological polar surface area (TPSA) is 55.0 Å². The summed E-state index contributed by atoms with van der Waals surface area (Å²) in [6.45, 7) is 2.52. The molecule has 0 bridgehead atoms. The van der Waals surface area contributed by atoms with Crippen molar-refractivity contribution in [1.29, 1.82) is 0 Å². The Morgan fingerprint density at radius 2 is 2.33 bits per heavy atom. The van der Waals surface area contributed by atoms with Crippen LogP contribution in [0, 0.1) is 5.92 Å². The zero-order chi connectivity index (χ0) is 11.0. The minimum absolute atomic E-state index is 0.119. The summed E-state index contributed by atoms with van der Waals surface area (Å²) in [5.41, 5.74) is 0.557. The number of hydrogen-bond donors (Lipinski definition) is 1. The molecule has 1 aliphatic rings. The summed E-state index contributed by atoms with van der Waals surface area (Å²) in [7, 11) is 1.59. The van der Waals surface area contributed by atoms with E-state index < -0.39 is 0 Å². The minimum atomic E-state index is -0.119. The second-order valence-corrected chi connectivity index (χ2v) is 4.76. The van der Waals surface area contributed by atoms with Crippen LogP contribution in [-0.4, -0.2) is 17.1 Å². The third-order valence-electron chi connectivity index (χ3n) is 2.69. The van der Waals surface area contributed by atoms with Crippen molar-refractivity contribution in [2.75, 3.05) is 7.11 Å². The van der Waals surface area contributed by atoms with E-state index >= 15 is 0 Å². The second kappa shape index (κ2) is 4.06. The molecule has 0 saturated heterocycles. The van der Waals surface area contributed by atoms with Crippen molar-refractivity contribution in [3.8, 4) is 0 Å². The first kappa shape index (κ1) is 10.8. The van der Waals surface area contributed by atoms with E-state index in [1.165, 1.54) is 0 Å². The maximum absolute atomic E-state index is 11.6. The van der Waals surface area contributed by atoms with Gasteiger partial charge < -0.3 is 9.72 Å². The Morgan fingerprint density at radius 3 is 2.87 bits per heavy atom. The number of H-pyrrole nitrogens is 1. The van der Waals surface area contributed by atoms with Gasteiger partial charge in [-0.3, -0.25) is 4.79 Å². The first-order valence-electron chi connectivity index (χ1n) is 4.91. The Kier molecular flexibility index (Phi) is 2.93. The molecule has 2 unspecified atom stereocenters. The van der Waals surface area contributed by atoms with E-state index in [1.54, 1.807) is 7.11 Å². The number of halogens is 1. The molecule has 5 heteroatoms. The van der Waals surface area contributed by atoms with Crippen LogP contribution in [0.25, 0.3) is 0 Å². The van der Waals surface area contributed by atoms with Gasteiger partial charge in [-0.1, -0.05) is 6.92 Å². The third kappa shape index (κ3) is 2.13. The highest BCUT2D eigenvalue weighted by Gasteiger charge is 2.36. The van der Waals surface area contributed by atoms with Crippen LogP contribution in [0.15, 0.2) is 9.27 Å². The summed E-state index contributed by atoms with van der Waals surface area (Å²) in [6, 6.07) is 0. The van der Waals surface area contributed by atoms with E-state index in [4.69, 9.17) is 4.74 Å². The number of aromatic amines is 1. The highest BCUT2D eigenvalue weighted by atomic mass is 79.9. The first-order chi connectivity index (χ1) is 7.13. The Hall–Kier alpha value is -0.680. The molecule has 0 aromatic carbocycles. The van der Waals surface area contributed by atoms with E-state index in [0.29, 0.717) is 28.6 Å². The average Bonchev–Trinajstić information content (AvgIpc) is 2.91. The van der Waals surface area contributed by atoms with E-state index in [9.17, 15) is 4.79 Å². The number of aromatic nitrogens is 2. The molecule has 1 N–H and O–H groups in total. The van der Waals surface area contributed by atoms with Gasteiger partial charge in [0.25, 0.3) is 5.56 Å². The molecule has 0 amide bonds. The average molecular weight is 273 g/mol. The van der Waals surface area contributed by atoms with E-state index in [-0.39, 0.29) is 5.56 Å². The van der Waals surface area contributed by atoms with Crippen molar-refractivity contribution in [1.82, 2.24) is 9.97 Å². The molecule has 1 fully saturated rings. The van der Waals surface area contributed by atoms with Crippen molar-refractivity contribution >= 4 is 15.9 Å². The van der Waals surface area contributed by atoms with Gasteiger partial charge in [-0.15, -0.1) is 0 Å². The van der Waals surface area contributed by atoms with Gasteiger partial charge in [0, 0.05) is 13.0 Å². The predicted octanol–water partition coefficient (Wildman–Crippen LogP) is 1.80. The highest BCUT2D eigenvalue weighted by molar-refractivity contribution is 9.10. The van der Waals surface area contributed by atoms with E-state index in [2.05, 4.69) is 32.8 Å². The molecule has 2 rings (SSSR count). The number of nitrogens with one attached hydrogen (secondary N) is 1. The summed E-state index contributed by atoms with van der Waals surface area (Å²) < 4.78 is 5.47. The van der Waals surface area contributed by atoms with Crippen LogP contribution in [0.2, 0.25) is 0 Å². The minimum Gasteiger partial charge on any atom is -0.378 e. The smallest absolute Gasteiger partial charge is 0.265 e. The standard InChI is InChI=1S/C10H13BrN2O2/c1-5-3-6(5)9-12-7(4-15-2)8(11)10(14)13-9/h5-6H,3-4H2,1-2H3,(H,12,13,14). The SMILES string of the molecule is COCc1nc(C2CC2C)[nH]c(=O)c1Br. The molecule has 0 aliphatic heterocycles. The van der Waals surface area contributed by atoms with Crippen LogP contribution >= 0.6 is 15.9 Å². The fourth-order valence-corrected chi connectivity index (χ4v) is 1.94. The number of nitrogens with zero attached hydrogens (tertiary/aromatic N) is 1. The molecule has 1 aromatic heterocycles. The molecule has 1 aliphatic carbocycles. The zero-order valence-electron chi connectivity index (χ0n) is 8.71. The number of ether oxygens (including phenoxy) is 1. The molecule has 0 spiro atoms. The van der Waals surface area contributed by atoms with Gasteiger partial charge in [0.15, 0.2) is 0 Å². The highest BCUT2D eigenvalue weighted by Crippen LogP contribution is 2.45. The fraction of sp³-hybridized carbons (Fsp3) is 0.600. The van der Waals surface area contributed by atoms with Gasteiger partial charge >= 0.3 is 0 Å². The van der Waals surface area contributed by atoms with Gasteiger partial charge in [-0.2, -0.15) is 0 Å². The lowest BCUT2D eigenvalue weighted by molar-refractivity contribution is 0.180. The molecular formula is C10H13BrN2O2. The number of rotatable bonds is 3. The fourth-order valence-electron chi connectivity index (χ4n) is 1.64. The second-order valence-electron chi connectivity index (χ2n) is 3.96. The molecule has 1 aromatic rings. The summed E-state index contributed by atoms with van der Waals surface area (Å²) in [5, 5.41) is 0. The molecule has 0 radical (unpaired) electrons. The van der Waals surface area contributed by atoms with Crippen molar-refractivity contribution in [3.05, 3.63) is 26.3 Å². The lowest BCUT2D eigenvalue weighted by Gasteiger charge is -2.04. The van der Waals surface area contributed by atoms with Gasteiger partial charge in [0.2, 0.25) is 0 Å². The molecule has 1 heterocycles. The van der Waals surface area contributed by atoms with Gasteiger partial charge in [-0.05, 0) is 28.3 Å². The summed E-state index contributed by atoms with van der Waals surface area (Å²) in [4.78, 5) is 18.8. The van der Waals surface area contributed by atoms with Crippen LogP contribution in [0.1, 0.15) is 30.8 Å². The van der Waals surface area contributed by atoms with E-state index in [0.717, 1.165) is 12.2 Å². The maximum Gasteiger partial charge on any atom is 0.265 e. The normalized spacial score (nSPS) is 24.2. The quantitative estimate of drug-likeness (QED) is 0.913. The predicted molar refractivity (Wildman–Crippen MR) is 59.8 cm³/mol. The summed E-state index contributed by atoms with van der Waals surface area (Å²) >= 11 is 3.21. The van der Waals surface area contributed by atoms with Crippen molar-refractivity contribution < 1.29 is 4.74 Å². The largest absolute Gasteiger partial charge is 0.378 e. The number of hydrogen-bond acceptors (Lipinski definition) is 3. The van der Waals surface area contributed by atoms with Crippen molar-refractivity contribution in [2.24, 2.45) is 5.92 Å². The molecule has 15 heavy (non-hydrogen) atoms. The Labute approximate surface area is 96.2 Å². The summed E-state index contributed by atoms with van der Waals surface area (Å²) in [5.74, 6) is 1.84. The Balaban J connectivity index is 2.37. The molecule has 2 atom stereocenters. The molecule has 1 saturated carbocycles.